The number of allylic oxidation sites excluding steroid dienone is 3. The van der Waals surface area contributed by atoms with Gasteiger partial charge in [0.25, 0.3) is 0 Å². The molecule has 1 aromatic carbocycles. The molecule has 1 aromatic rings. The molecule has 1 unspecified atom stereocenters. The van der Waals surface area contributed by atoms with Crippen molar-refractivity contribution in [3.05, 3.63) is 57.9 Å². The number of isocyanates is 1. The molecule has 0 aromatic heterocycles. The van der Waals surface area contributed by atoms with Crippen molar-refractivity contribution >= 4 is 22.4 Å². The number of benzene rings is 1. The highest BCUT2D eigenvalue weighted by Gasteiger charge is 2.19. The van der Waals surface area contributed by atoms with E-state index >= 15 is 0 Å². The number of hydrogen-bond acceptors (Lipinski definition) is 2. The van der Waals surface area contributed by atoms with Crippen LogP contribution in [0.3, 0.4) is 0 Å². The quantitative estimate of drug-likeness (QED) is 0.464. The Morgan fingerprint density at radius 2 is 2.21 bits per heavy atom. The lowest BCUT2D eigenvalue weighted by atomic mass is 9.93. The molecule has 19 heavy (non-hydrogen) atoms. The molecule has 2 nitrogen and oxygen atoms in total. The Balaban J connectivity index is 2.25. The number of hydrogen-bond donors (Lipinski definition) is 0. The maximum absolute atomic E-state index is 10.5. The van der Waals surface area contributed by atoms with Crippen molar-refractivity contribution in [2.45, 2.75) is 25.8 Å². The summed E-state index contributed by atoms with van der Waals surface area (Å²) in [4.78, 5) is 15.7. The van der Waals surface area contributed by atoms with Gasteiger partial charge in [-0.3, -0.25) is 0 Å². The maximum atomic E-state index is 10.5. The van der Waals surface area contributed by atoms with E-state index in [4.69, 9.17) is 0 Å². The molecule has 3 heteroatoms. The largest absolute Gasteiger partial charge is 0.235 e. The average Bonchev–Trinajstić information content (AvgIpc) is 2.75. The lowest BCUT2D eigenvalue weighted by Gasteiger charge is -2.19. The van der Waals surface area contributed by atoms with Crippen molar-refractivity contribution < 1.29 is 4.79 Å². The fourth-order valence-electron chi connectivity index (χ4n) is 2.01. The molecule has 0 aliphatic carbocycles. The minimum absolute atomic E-state index is 0.00249. The van der Waals surface area contributed by atoms with Crippen LogP contribution in [0.2, 0.25) is 0 Å². The topological polar surface area (TPSA) is 29.4 Å². The van der Waals surface area contributed by atoms with Crippen molar-refractivity contribution in [2.75, 3.05) is 0 Å². The van der Waals surface area contributed by atoms with Crippen LogP contribution >= 0.6 is 10.5 Å². The van der Waals surface area contributed by atoms with Crippen molar-refractivity contribution in [1.82, 2.24) is 0 Å². The Hall–Kier alpha value is -1.70. The van der Waals surface area contributed by atoms with Gasteiger partial charge < -0.3 is 0 Å². The first-order valence-electron chi connectivity index (χ1n) is 6.11. The van der Waals surface area contributed by atoms with E-state index in [1.54, 1.807) is 6.08 Å². The summed E-state index contributed by atoms with van der Waals surface area (Å²) in [7, 11) is 0.00249. The summed E-state index contributed by atoms with van der Waals surface area (Å²) in [5, 5.41) is 2.12. The highest BCUT2D eigenvalue weighted by molar-refractivity contribution is 8.20. The zero-order valence-electron chi connectivity index (χ0n) is 11.2. The molecule has 98 valence electrons. The normalized spacial score (nSPS) is 18.0. The van der Waals surface area contributed by atoms with Gasteiger partial charge in [-0.15, -0.1) is 10.5 Å². The third-order valence-corrected chi connectivity index (χ3v) is 4.64. The van der Waals surface area contributed by atoms with Crippen molar-refractivity contribution in [3.63, 3.8) is 0 Å². The number of nitrogens with zero attached hydrogens (tertiary/aromatic N) is 1. The first kappa shape index (κ1) is 13.7. The third kappa shape index (κ3) is 3.19. The van der Waals surface area contributed by atoms with Crippen LogP contribution in [0.5, 0.6) is 0 Å². The van der Waals surface area contributed by atoms with Gasteiger partial charge in [-0.25, -0.2) is 4.79 Å². The van der Waals surface area contributed by atoms with Crippen LogP contribution < -0.4 is 0 Å². The van der Waals surface area contributed by atoms with Gasteiger partial charge in [0.2, 0.25) is 6.08 Å². The Morgan fingerprint density at radius 1 is 1.42 bits per heavy atom. The van der Waals surface area contributed by atoms with Gasteiger partial charge in [-0.2, -0.15) is 4.99 Å². The van der Waals surface area contributed by atoms with Crippen LogP contribution in [-0.4, -0.2) is 12.0 Å². The van der Waals surface area contributed by atoms with Crippen molar-refractivity contribution in [1.29, 1.82) is 0 Å². The molecule has 0 amide bonds. The highest BCUT2D eigenvalue weighted by Crippen LogP contribution is 2.33. The van der Waals surface area contributed by atoms with E-state index in [0.29, 0.717) is 0 Å². The smallest absolute Gasteiger partial charge is 0.211 e. The summed E-state index contributed by atoms with van der Waals surface area (Å²) in [6.07, 6.45) is 6.75. The summed E-state index contributed by atoms with van der Waals surface area (Å²) in [6, 6.07) is 8.21. The predicted molar refractivity (Wildman–Crippen MR) is 83.2 cm³/mol. The molecule has 0 bridgehead atoms. The second kappa shape index (κ2) is 5.52. The second-order valence-corrected chi connectivity index (χ2v) is 6.68. The van der Waals surface area contributed by atoms with Crippen LogP contribution in [0.1, 0.15) is 25.0 Å². The number of aliphatic imine (C=N–C) groups is 1. The van der Waals surface area contributed by atoms with Gasteiger partial charge in [0.1, 0.15) is 0 Å². The van der Waals surface area contributed by atoms with Gasteiger partial charge in [-0.1, -0.05) is 42.3 Å². The maximum Gasteiger partial charge on any atom is 0.235 e. The van der Waals surface area contributed by atoms with E-state index in [2.05, 4.69) is 40.6 Å². The summed E-state index contributed by atoms with van der Waals surface area (Å²) >= 11 is 0. The predicted octanol–water partition coefficient (Wildman–Crippen LogP) is 3.91. The van der Waals surface area contributed by atoms with E-state index in [1.165, 1.54) is 10.5 Å². The van der Waals surface area contributed by atoms with Crippen molar-refractivity contribution in [2.24, 2.45) is 4.99 Å². The van der Waals surface area contributed by atoms with Gasteiger partial charge in [0.15, 0.2) is 0 Å². The Bertz CT molecular complexity index is 619. The Labute approximate surface area is 116 Å². The molecule has 0 N–H and O–H groups in total. The molecule has 0 radical (unpaired) electrons. The second-order valence-electron chi connectivity index (χ2n) is 5.03. The molecular formula is C16H17NOS. The van der Waals surface area contributed by atoms with E-state index in [9.17, 15) is 4.79 Å². The van der Waals surface area contributed by atoms with Gasteiger partial charge in [0.05, 0.1) is 5.54 Å². The van der Waals surface area contributed by atoms with E-state index in [1.807, 2.05) is 26.0 Å². The van der Waals surface area contributed by atoms with Gasteiger partial charge >= 0.3 is 0 Å². The molecular weight excluding hydrogens is 254 g/mol. The molecule has 2 rings (SSSR count). The van der Waals surface area contributed by atoms with Crippen LogP contribution in [0.25, 0.3) is 0 Å². The zero-order chi connectivity index (χ0) is 13.9. The molecule has 1 aliphatic rings. The number of carbonyl (C=O) groups excluding carboxylic acids is 1. The standard InChI is InChI=1S/C16H17NOS/c1-16(2,17-12-18)14-7-4-6-13(10-14)11-15-8-5-9-19(15)3/h4-10H,3,11H2,1-2H3. The lowest BCUT2D eigenvalue weighted by molar-refractivity contribution is 0.522. The lowest BCUT2D eigenvalue weighted by Crippen LogP contribution is -2.13. The summed E-state index contributed by atoms with van der Waals surface area (Å²) in [5.41, 5.74) is 1.73. The summed E-state index contributed by atoms with van der Waals surface area (Å²) in [5.74, 6) is 4.12. The van der Waals surface area contributed by atoms with E-state index in [-0.39, 0.29) is 10.5 Å². The van der Waals surface area contributed by atoms with Crippen molar-refractivity contribution in [3.8, 4) is 0 Å². The fourth-order valence-corrected chi connectivity index (χ4v) is 3.06. The van der Waals surface area contributed by atoms with Gasteiger partial charge in [0, 0.05) is 6.42 Å². The van der Waals surface area contributed by atoms with Crippen LogP contribution in [-0.2, 0) is 16.8 Å². The number of rotatable bonds is 4. The van der Waals surface area contributed by atoms with Gasteiger partial charge in [-0.05, 0) is 35.3 Å². The first-order valence-corrected chi connectivity index (χ1v) is 7.57. The zero-order valence-corrected chi connectivity index (χ0v) is 12.0. The molecule has 0 spiro atoms. The van der Waals surface area contributed by atoms with E-state index in [0.717, 1.165) is 12.0 Å². The fraction of sp³-hybridized carbons (Fsp3) is 0.250. The monoisotopic (exact) mass is 271 g/mol. The Morgan fingerprint density at radius 3 is 2.84 bits per heavy atom. The summed E-state index contributed by atoms with van der Waals surface area (Å²) in [6.45, 7) is 3.83. The van der Waals surface area contributed by atoms with Crippen LogP contribution in [0.15, 0.2) is 51.7 Å². The minimum Gasteiger partial charge on any atom is -0.211 e. The molecule has 1 heterocycles. The molecule has 1 aliphatic heterocycles. The highest BCUT2D eigenvalue weighted by atomic mass is 32.2. The molecule has 1 atom stereocenters. The minimum atomic E-state index is -0.522. The first-order chi connectivity index (χ1) is 9.03. The Kier molecular flexibility index (Phi) is 3.98. The summed E-state index contributed by atoms with van der Waals surface area (Å²) < 4.78 is 0. The molecule has 0 saturated heterocycles. The van der Waals surface area contributed by atoms with Crippen LogP contribution in [0.4, 0.5) is 0 Å². The van der Waals surface area contributed by atoms with E-state index < -0.39 is 5.54 Å². The molecule has 0 fully saturated rings. The van der Waals surface area contributed by atoms with Crippen LogP contribution in [0, 0.1) is 0 Å². The molecule has 0 saturated carbocycles. The average molecular weight is 271 g/mol. The SMILES string of the molecule is C=S1C=CC=C1Cc1cccc(C(C)(C)N=C=O)c1. The third-order valence-electron chi connectivity index (χ3n) is 3.20.